The Hall–Kier alpha value is 0.350. The summed E-state index contributed by atoms with van der Waals surface area (Å²) in [7, 11) is 0. The lowest BCUT2D eigenvalue weighted by Gasteiger charge is -2.14. The highest BCUT2D eigenvalue weighted by Gasteiger charge is 2.43. The van der Waals surface area contributed by atoms with Gasteiger partial charge in [0.05, 0.1) is 0 Å². The van der Waals surface area contributed by atoms with E-state index in [0.29, 0.717) is 0 Å². The maximum atomic E-state index is 2.41. The molecule has 3 unspecified atom stereocenters. The zero-order chi connectivity index (χ0) is 5.56. The van der Waals surface area contributed by atoms with Gasteiger partial charge < -0.3 is 0 Å². The third kappa shape index (κ3) is 0.680. The highest BCUT2D eigenvalue weighted by Crippen LogP contribution is 2.51. The van der Waals surface area contributed by atoms with E-state index in [9.17, 15) is 0 Å². The summed E-state index contributed by atoms with van der Waals surface area (Å²) in [4.78, 5) is 0. The molecule has 8 heavy (non-hydrogen) atoms. The Kier molecular flexibility index (Phi) is 1.07. The summed E-state index contributed by atoms with van der Waals surface area (Å²) in [6.07, 6.45) is 3.01. The molecule has 0 amide bonds. The Balaban J connectivity index is 1.99. The van der Waals surface area contributed by atoms with Crippen molar-refractivity contribution in [2.24, 2.45) is 11.8 Å². The molecule has 0 aromatic carbocycles. The van der Waals surface area contributed by atoms with E-state index in [1.165, 1.54) is 18.6 Å². The van der Waals surface area contributed by atoms with E-state index in [0.717, 1.165) is 17.1 Å². The summed E-state index contributed by atoms with van der Waals surface area (Å²) in [6.45, 7) is 2.41. The van der Waals surface area contributed by atoms with Crippen LogP contribution in [-0.4, -0.2) is 11.0 Å². The van der Waals surface area contributed by atoms with E-state index in [1.807, 2.05) is 0 Å². The first-order valence-electron chi connectivity index (χ1n) is 3.49. The van der Waals surface area contributed by atoms with Gasteiger partial charge in [-0.3, -0.25) is 0 Å². The van der Waals surface area contributed by atoms with Crippen LogP contribution in [0.25, 0.3) is 0 Å². The van der Waals surface area contributed by atoms with Crippen LogP contribution in [0, 0.1) is 11.8 Å². The minimum Gasteiger partial charge on any atom is -0.158 e. The van der Waals surface area contributed by atoms with Crippen LogP contribution in [0.5, 0.6) is 0 Å². The molecule has 0 radical (unpaired) electrons. The number of rotatable bonds is 0. The van der Waals surface area contributed by atoms with Crippen molar-refractivity contribution in [2.75, 3.05) is 5.75 Å². The first kappa shape index (κ1) is 5.16. The molecule has 2 aliphatic rings. The molecule has 46 valence electrons. The smallest absolute Gasteiger partial charge is 0.00814 e. The molecule has 1 saturated heterocycles. The summed E-state index contributed by atoms with van der Waals surface area (Å²) >= 11 is 2.20. The van der Waals surface area contributed by atoms with Crippen molar-refractivity contribution in [1.82, 2.24) is 0 Å². The van der Waals surface area contributed by atoms with Crippen molar-refractivity contribution >= 4 is 11.8 Å². The van der Waals surface area contributed by atoms with E-state index >= 15 is 0 Å². The van der Waals surface area contributed by atoms with Crippen molar-refractivity contribution in [3.63, 3.8) is 0 Å². The molecule has 1 saturated carbocycles. The largest absolute Gasteiger partial charge is 0.158 e. The van der Waals surface area contributed by atoms with Crippen molar-refractivity contribution in [2.45, 2.75) is 25.0 Å². The fraction of sp³-hybridized carbons (Fsp3) is 1.00. The van der Waals surface area contributed by atoms with Gasteiger partial charge in [-0.05, 0) is 30.4 Å². The normalized spacial score (nSPS) is 52.9. The first-order valence-corrected chi connectivity index (χ1v) is 4.54. The number of fused-ring (bicyclic) bond motifs is 1. The molecule has 0 aromatic rings. The van der Waals surface area contributed by atoms with E-state index in [2.05, 4.69) is 18.7 Å². The Bertz CT molecular complexity index is 101. The quantitative estimate of drug-likeness (QED) is 0.481. The lowest BCUT2D eigenvalue weighted by molar-refractivity contribution is 0.490. The van der Waals surface area contributed by atoms with Gasteiger partial charge in [0.15, 0.2) is 0 Å². The average molecular weight is 128 g/mol. The second-order valence-corrected chi connectivity index (χ2v) is 4.42. The monoisotopic (exact) mass is 128 g/mol. The molecule has 1 aliphatic carbocycles. The number of hydrogen-bond donors (Lipinski definition) is 0. The van der Waals surface area contributed by atoms with Crippen molar-refractivity contribution in [1.29, 1.82) is 0 Å². The van der Waals surface area contributed by atoms with Crippen molar-refractivity contribution in [3.05, 3.63) is 0 Å². The number of hydrogen-bond acceptors (Lipinski definition) is 1. The molecular weight excluding hydrogens is 116 g/mol. The van der Waals surface area contributed by atoms with Crippen LogP contribution in [0.4, 0.5) is 0 Å². The third-order valence-corrected chi connectivity index (χ3v) is 3.86. The molecule has 0 nitrogen and oxygen atoms in total. The van der Waals surface area contributed by atoms with Crippen molar-refractivity contribution < 1.29 is 0 Å². The molecule has 1 aliphatic heterocycles. The van der Waals surface area contributed by atoms with E-state index in [1.54, 1.807) is 0 Å². The second-order valence-electron chi connectivity index (χ2n) is 3.07. The van der Waals surface area contributed by atoms with Gasteiger partial charge in [0.25, 0.3) is 0 Å². The van der Waals surface area contributed by atoms with E-state index in [-0.39, 0.29) is 0 Å². The molecular formula is C7H12S. The van der Waals surface area contributed by atoms with Crippen LogP contribution in [0.1, 0.15) is 19.8 Å². The first-order chi connectivity index (χ1) is 3.88. The zero-order valence-corrected chi connectivity index (χ0v) is 6.08. The Labute approximate surface area is 55.0 Å². The molecule has 0 spiro atoms. The standard InChI is InChI=1S/C7H12S/c1-5-2-3-8-7-4-6(5)7/h5-7H,2-4H2,1H3. The maximum Gasteiger partial charge on any atom is 0.00814 e. The molecule has 1 heterocycles. The van der Waals surface area contributed by atoms with Gasteiger partial charge in [-0.15, -0.1) is 0 Å². The van der Waals surface area contributed by atoms with Gasteiger partial charge in [-0.25, -0.2) is 0 Å². The Morgan fingerprint density at radius 1 is 1.50 bits per heavy atom. The fourth-order valence-electron chi connectivity index (χ4n) is 1.60. The molecule has 1 heteroatoms. The third-order valence-electron chi connectivity index (χ3n) is 2.41. The topological polar surface area (TPSA) is 0 Å². The molecule has 2 fully saturated rings. The van der Waals surface area contributed by atoms with Crippen LogP contribution >= 0.6 is 11.8 Å². The summed E-state index contributed by atoms with van der Waals surface area (Å²) < 4.78 is 0. The van der Waals surface area contributed by atoms with Crippen LogP contribution in [-0.2, 0) is 0 Å². The van der Waals surface area contributed by atoms with Crippen LogP contribution in [0.15, 0.2) is 0 Å². The van der Waals surface area contributed by atoms with Crippen LogP contribution < -0.4 is 0 Å². The molecule has 0 bridgehead atoms. The van der Waals surface area contributed by atoms with Gasteiger partial charge in [-0.2, -0.15) is 11.8 Å². The summed E-state index contributed by atoms with van der Waals surface area (Å²) in [5.41, 5.74) is 0. The Morgan fingerprint density at radius 2 is 2.38 bits per heavy atom. The molecule has 0 N–H and O–H groups in total. The minimum absolute atomic E-state index is 1.06. The predicted octanol–water partition coefficient (Wildman–Crippen LogP) is 2.15. The fourth-order valence-corrected chi connectivity index (χ4v) is 3.28. The van der Waals surface area contributed by atoms with Crippen LogP contribution in [0.3, 0.4) is 0 Å². The Morgan fingerprint density at radius 3 is 3.00 bits per heavy atom. The van der Waals surface area contributed by atoms with Gasteiger partial charge in [0, 0.05) is 5.25 Å². The second kappa shape index (κ2) is 1.66. The lowest BCUT2D eigenvalue weighted by Crippen LogP contribution is -2.06. The van der Waals surface area contributed by atoms with Gasteiger partial charge in [-0.1, -0.05) is 6.92 Å². The van der Waals surface area contributed by atoms with Crippen molar-refractivity contribution in [3.8, 4) is 0 Å². The highest BCUT2D eigenvalue weighted by molar-refractivity contribution is 8.00. The molecule has 3 atom stereocenters. The highest BCUT2D eigenvalue weighted by atomic mass is 32.2. The van der Waals surface area contributed by atoms with Gasteiger partial charge in [0.1, 0.15) is 0 Å². The zero-order valence-electron chi connectivity index (χ0n) is 5.26. The van der Waals surface area contributed by atoms with Crippen LogP contribution in [0.2, 0.25) is 0 Å². The van der Waals surface area contributed by atoms with E-state index < -0.39 is 0 Å². The van der Waals surface area contributed by atoms with Gasteiger partial charge in [0.2, 0.25) is 0 Å². The number of thioether (sulfide) groups is 1. The minimum atomic E-state index is 1.06. The summed E-state index contributed by atoms with van der Waals surface area (Å²) in [5.74, 6) is 3.62. The summed E-state index contributed by atoms with van der Waals surface area (Å²) in [6, 6.07) is 0. The lowest BCUT2D eigenvalue weighted by atomic mass is 10.0. The molecule has 2 rings (SSSR count). The average Bonchev–Trinajstić information content (AvgIpc) is 2.45. The SMILES string of the molecule is CC1CCSC2CC12. The maximum absolute atomic E-state index is 2.41. The predicted molar refractivity (Wildman–Crippen MR) is 38.1 cm³/mol. The van der Waals surface area contributed by atoms with E-state index in [4.69, 9.17) is 0 Å². The summed E-state index contributed by atoms with van der Waals surface area (Å²) in [5, 5.41) is 1.10. The van der Waals surface area contributed by atoms with Gasteiger partial charge >= 0.3 is 0 Å². The molecule has 0 aromatic heterocycles.